The van der Waals surface area contributed by atoms with Crippen molar-refractivity contribution in [1.29, 1.82) is 0 Å². The monoisotopic (exact) mass is 390 g/mol. The van der Waals surface area contributed by atoms with E-state index in [1.165, 1.54) is 11.3 Å². The summed E-state index contributed by atoms with van der Waals surface area (Å²) in [6, 6.07) is 15.3. The second-order valence-corrected chi connectivity index (χ2v) is 7.29. The smallest absolute Gasteiger partial charge is 0.230 e. The van der Waals surface area contributed by atoms with Crippen molar-refractivity contribution < 1.29 is 9.53 Å². The second kappa shape index (κ2) is 7.74. The van der Waals surface area contributed by atoms with E-state index in [1.54, 1.807) is 13.3 Å². The zero-order chi connectivity index (χ0) is 19.5. The van der Waals surface area contributed by atoms with Crippen molar-refractivity contribution in [2.24, 2.45) is 0 Å². The molecule has 0 atom stereocenters. The lowest BCUT2D eigenvalue weighted by Crippen LogP contribution is -2.14. The highest BCUT2D eigenvalue weighted by Crippen LogP contribution is 2.29. The van der Waals surface area contributed by atoms with Gasteiger partial charge in [-0.15, -0.1) is 0 Å². The Labute approximate surface area is 166 Å². The fourth-order valence-electron chi connectivity index (χ4n) is 2.84. The number of hydrogen-bond donors (Lipinski definition) is 1. The van der Waals surface area contributed by atoms with Gasteiger partial charge in [0.15, 0.2) is 5.13 Å². The normalized spacial score (nSPS) is 10.8. The maximum Gasteiger partial charge on any atom is 0.230 e. The number of fused-ring (bicyclic) bond motifs is 1. The van der Waals surface area contributed by atoms with E-state index < -0.39 is 0 Å². The first-order valence-electron chi connectivity index (χ1n) is 8.74. The lowest BCUT2D eigenvalue weighted by atomic mass is 10.1. The number of ether oxygens (including phenoxy) is 1. The molecular weight excluding hydrogens is 372 g/mol. The average molecular weight is 390 g/mol. The number of nitrogens with zero attached hydrogens (tertiary/aromatic N) is 3. The van der Waals surface area contributed by atoms with Crippen molar-refractivity contribution >= 4 is 32.6 Å². The summed E-state index contributed by atoms with van der Waals surface area (Å²) in [5, 5.41) is 3.46. The van der Waals surface area contributed by atoms with Gasteiger partial charge in [0.25, 0.3) is 0 Å². The minimum atomic E-state index is -0.100. The Morgan fingerprint density at radius 3 is 2.68 bits per heavy atom. The minimum absolute atomic E-state index is 0.100. The first kappa shape index (κ1) is 18.1. The van der Waals surface area contributed by atoms with Crippen LogP contribution < -0.4 is 10.1 Å². The Bertz CT molecular complexity index is 1140. The summed E-state index contributed by atoms with van der Waals surface area (Å²) >= 11 is 1.43. The molecule has 0 aliphatic rings. The van der Waals surface area contributed by atoms with Gasteiger partial charge in [0, 0.05) is 11.8 Å². The summed E-state index contributed by atoms with van der Waals surface area (Å²) in [6.07, 6.45) is 2.02. The Balaban J connectivity index is 1.43. The number of anilines is 1. The lowest BCUT2D eigenvalue weighted by Gasteiger charge is -2.05. The second-order valence-electron chi connectivity index (χ2n) is 6.26. The molecule has 28 heavy (non-hydrogen) atoms. The van der Waals surface area contributed by atoms with Gasteiger partial charge in [-0.25, -0.2) is 15.0 Å². The maximum atomic E-state index is 12.4. The fraction of sp³-hybridized carbons (Fsp3) is 0.143. The van der Waals surface area contributed by atoms with Crippen LogP contribution in [0.1, 0.15) is 11.4 Å². The van der Waals surface area contributed by atoms with Crippen molar-refractivity contribution in [3.05, 3.63) is 66.1 Å². The number of rotatable bonds is 5. The number of aryl methyl sites for hydroxylation is 1. The molecule has 2 aromatic heterocycles. The van der Waals surface area contributed by atoms with Gasteiger partial charge in [-0.2, -0.15) is 0 Å². The van der Waals surface area contributed by atoms with Crippen molar-refractivity contribution in [2.45, 2.75) is 13.3 Å². The van der Waals surface area contributed by atoms with E-state index in [0.29, 0.717) is 5.13 Å². The van der Waals surface area contributed by atoms with Crippen LogP contribution in [0.5, 0.6) is 5.75 Å². The Hall–Kier alpha value is -3.32. The highest BCUT2D eigenvalue weighted by molar-refractivity contribution is 7.22. The third kappa shape index (κ3) is 3.99. The molecule has 0 saturated heterocycles. The Morgan fingerprint density at radius 1 is 1.11 bits per heavy atom. The number of hydrogen-bond acceptors (Lipinski definition) is 6. The minimum Gasteiger partial charge on any atom is -0.497 e. The molecule has 4 rings (SSSR count). The largest absolute Gasteiger partial charge is 0.497 e. The van der Waals surface area contributed by atoms with E-state index in [4.69, 9.17) is 4.74 Å². The topological polar surface area (TPSA) is 77.0 Å². The lowest BCUT2D eigenvalue weighted by molar-refractivity contribution is -0.115. The molecule has 0 spiro atoms. The Morgan fingerprint density at radius 2 is 1.93 bits per heavy atom. The molecular formula is C21H18N4O2S. The molecule has 2 aromatic carbocycles. The van der Waals surface area contributed by atoms with Crippen molar-refractivity contribution in [3.63, 3.8) is 0 Å². The van der Waals surface area contributed by atoms with Crippen molar-refractivity contribution in [3.8, 4) is 17.0 Å². The molecule has 1 N–H and O–H groups in total. The molecule has 2 heterocycles. The van der Waals surface area contributed by atoms with E-state index in [0.717, 1.165) is 38.6 Å². The SMILES string of the molecule is COc1ccc2nc(NC(=O)Cc3ccc(-c4ccnc(C)n4)cc3)sc2c1. The molecule has 0 unspecified atom stereocenters. The highest BCUT2D eigenvalue weighted by Gasteiger charge is 2.10. The molecule has 0 saturated carbocycles. The quantitative estimate of drug-likeness (QED) is 0.551. The van der Waals surface area contributed by atoms with Gasteiger partial charge in [0.2, 0.25) is 5.91 Å². The van der Waals surface area contributed by atoms with Crippen LogP contribution in [0.25, 0.3) is 21.5 Å². The third-order valence-corrected chi connectivity index (χ3v) is 5.17. The number of aromatic nitrogens is 3. The van der Waals surface area contributed by atoms with E-state index in [9.17, 15) is 4.79 Å². The molecule has 0 radical (unpaired) electrons. The summed E-state index contributed by atoms with van der Waals surface area (Å²) in [6.45, 7) is 1.86. The predicted octanol–water partition coefficient (Wildman–Crippen LogP) is 4.25. The molecule has 4 aromatic rings. The number of amides is 1. The van der Waals surface area contributed by atoms with Crippen LogP contribution in [0.15, 0.2) is 54.7 Å². The van der Waals surface area contributed by atoms with Gasteiger partial charge in [0.05, 0.1) is 29.4 Å². The number of benzene rings is 2. The molecule has 140 valence electrons. The zero-order valence-corrected chi connectivity index (χ0v) is 16.3. The number of carbonyl (C=O) groups is 1. The number of thiazole rings is 1. The van der Waals surface area contributed by atoms with Crippen LogP contribution in [-0.2, 0) is 11.2 Å². The number of nitrogens with one attached hydrogen (secondary N) is 1. The molecule has 1 amide bonds. The van der Waals surface area contributed by atoms with Gasteiger partial charge < -0.3 is 10.1 Å². The molecule has 0 bridgehead atoms. The average Bonchev–Trinajstić information content (AvgIpc) is 3.09. The van der Waals surface area contributed by atoms with Crippen LogP contribution in [0, 0.1) is 6.92 Å². The highest BCUT2D eigenvalue weighted by atomic mass is 32.1. The first-order valence-corrected chi connectivity index (χ1v) is 9.56. The Kier molecular flexibility index (Phi) is 4.99. The van der Waals surface area contributed by atoms with Crippen LogP contribution in [0.2, 0.25) is 0 Å². The molecule has 6 nitrogen and oxygen atoms in total. The van der Waals surface area contributed by atoms with Gasteiger partial charge in [-0.05, 0) is 36.8 Å². The summed E-state index contributed by atoms with van der Waals surface area (Å²) in [7, 11) is 1.63. The van der Waals surface area contributed by atoms with E-state index in [-0.39, 0.29) is 12.3 Å². The molecule has 7 heteroatoms. The van der Waals surface area contributed by atoms with Gasteiger partial charge in [-0.3, -0.25) is 4.79 Å². The van der Waals surface area contributed by atoms with E-state index in [2.05, 4.69) is 20.3 Å². The standard InChI is InChI=1S/C21H18N4O2S/c1-13-22-10-9-17(23-13)15-5-3-14(4-6-15)11-20(26)25-21-24-18-8-7-16(27-2)12-19(18)28-21/h3-10,12H,11H2,1-2H3,(H,24,25,26). The third-order valence-electron chi connectivity index (χ3n) is 4.23. The van der Waals surface area contributed by atoms with Crippen LogP contribution in [0.4, 0.5) is 5.13 Å². The van der Waals surface area contributed by atoms with E-state index >= 15 is 0 Å². The van der Waals surface area contributed by atoms with Crippen molar-refractivity contribution in [2.75, 3.05) is 12.4 Å². The number of carbonyl (C=O) groups excluding carboxylic acids is 1. The zero-order valence-electron chi connectivity index (χ0n) is 15.5. The first-order chi connectivity index (χ1) is 13.6. The molecule has 0 aliphatic heterocycles. The van der Waals surface area contributed by atoms with Gasteiger partial charge in [0.1, 0.15) is 11.6 Å². The number of methoxy groups -OCH3 is 1. The van der Waals surface area contributed by atoms with E-state index in [1.807, 2.05) is 55.5 Å². The molecule has 0 fully saturated rings. The summed E-state index contributed by atoms with van der Waals surface area (Å²) < 4.78 is 6.19. The van der Waals surface area contributed by atoms with Crippen LogP contribution >= 0.6 is 11.3 Å². The van der Waals surface area contributed by atoms with Crippen LogP contribution in [0.3, 0.4) is 0 Å². The van der Waals surface area contributed by atoms with Crippen LogP contribution in [-0.4, -0.2) is 28.0 Å². The predicted molar refractivity (Wildman–Crippen MR) is 111 cm³/mol. The summed E-state index contributed by atoms with van der Waals surface area (Å²) in [5.74, 6) is 1.40. The fourth-order valence-corrected chi connectivity index (χ4v) is 3.76. The summed E-state index contributed by atoms with van der Waals surface area (Å²) in [5.41, 5.74) is 3.63. The summed E-state index contributed by atoms with van der Waals surface area (Å²) in [4.78, 5) is 25.4. The van der Waals surface area contributed by atoms with Gasteiger partial charge in [-0.1, -0.05) is 35.6 Å². The van der Waals surface area contributed by atoms with Gasteiger partial charge >= 0.3 is 0 Å². The van der Waals surface area contributed by atoms with Crippen molar-refractivity contribution in [1.82, 2.24) is 15.0 Å². The molecule has 0 aliphatic carbocycles. The maximum absolute atomic E-state index is 12.4.